The molecule has 0 saturated carbocycles. The lowest BCUT2D eigenvalue weighted by molar-refractivity contribution is -0.117. The number of hydrogen-bond acceptors (Lipinski definition) is 4. The summed E-state index contributed by atoms with van der Waals surface area (Å²) in [6, 6.07) is 13.9. The van der Waals surface area contributed by atoms with Crippen molar-refractivity contribution in [3.8, 4) is 11.4 Å². The predicted octanol–water partition coefficient (Wildman–Crippen LogP) is 4.64. The third-order valence-electron chi connectivity index (χ3n) is 4.54. The van der Waals surface area contributed by atoms with Gasteiger partial charge in [-0.15, -0.1) is 0 Å². The quantitative estimate of drug-likeness (QED) is 0.629. The number of halogens is 1. The van der Waals surface area contributed by atoms with Crippen LogP contribution in [0.5, 0.6) is 0 Å². The molecule has 1 saturated heterocycles. The van der Waals surface area contributed by atoms with Crippen molar-refractivity contribution in [1.82, 2.24) is 10.1 Å². The number of benzene rings is 2. The Hall–Kier alpha value is -2.47. The number of carbonyl (C=O) groups is 1. The SMILES string of the molecule is Cc1cc(C)cc(N2C[C@H](c3nc(-c4ccc(Br)cc4)no3)CC2=O)c1. The van der Waals surface area contributed by atoms with E-state index >= 15 is 0 Å². The average Bonchev–Trinajstić information content (AvgIpc) is 3.21. The molecule has 1 aliphatic heterocycles. The minimum Gasteiger partial charge on any atom is -0.339 e. The first-order valence-electron chi connectivity index (χ1n) is 8.48. The van der Waals surface area contributed by atoms with Crippen molar-refractivity contribution in [2.24, 2.45) is 0 Å². The number of amides is 1. The molecular weight excluding hydrogens is 394 g/mol. The van der Waals surface area contributed by atoms with Crippen molar-refractivity contribution in [2.75, 3.05) is 11.4 Å². The molecule has 0 bridgehead atoms. The minimum atomic E-state index is -0.0833. The lowest BCUT2D eigenvalue weighted by Crippen LogP contribution is -2.24. The summed E-state index contributed by atoms with van der Waals surface area (Å²) in [7, 11) is 0. The first kappa shape index (κ1) is 17.0. The molecule has 0 spiro atoms. The maximum absolute atomic E-state index is 12.5. The van der Waals surface area contributed by atoms with E-state index in [1.165, 1.54) is 0 Å². The summed E-state index contributed by atoms with van der Waals surface area (Å²) in [6.07, 6.45) is 0.384. The Morgan fingerprint density at radius 2 is 1.81 bits per heavy atom. The van der Waals surface area contributed by atoms with Crippen molar-refractivity contribution in [3.05, 3.63) is 64.0 Å². The third-order valence-corrected chi connectivity index (χ3v) is 5.07. The van der Waals surface area contributed by atoms with E-state index in [0.29, 0.717) is 24.7 Å². The molecule has 5 nitrogen and oxygen atoms in total. The Kier molecular flexibility index (Phi) is 4.36. The highest BCUT2D eigenvalue weighted by atomic mass is 79.9. The maximum atomic E-state index is 12.5. The summed E-state index contributed by atoms with van der Waals surface area (Å²) in [4.78, 5) is 18.9. The van der Waals surface area contributed by atoms with E-state index < -0.39 is 0 Å². The van der Waals surface area contributed by atoms with Crippen LogP contribution in [-0.2, 0) is 4.79 Å². The zero-order chi connectivity index (χ0) is 18.3. The smallest absolute Gasteiger partial charge is 0.232 e. The molecule has 6 heteroatoms. The van der Waals surface area contributed by atoms with Crippen LogP contribution in [0.2, 0.25) is 0 Å². The topological polar surface area (TPSA) is 59.2 Å². The lowest BCUT2D eigenvalue weighted by atomic mass is 10.1. The minimum absolute atomic E-state index is 0.0833. The fourth-order valence-electron chi connectivity index (χ4n) is 3.35. The van der Waals surface area contributed by atoms with Crippen LogP contribution in [0.25, 0.3) is 11.4 Å². The summed E-state index contributed by atoms with van der Waals surface area (Å²) < 4.78 is 6.46. The van der Waals surface area contributed by atoms with E-state index in [-0.39, 0.29) is 11.8 Å². The van der Waals surface area contributed by atoms with Crippen LogP contribution in [-0.4, -0.2) is 22.6 Å². The number of anilines is 1. The molecule has 1 atom stereocenters. The summed E-state index contributed by atoms with van der Waals surface area (Å²) in [5.41, 5.74) is 4.11. The van der Waals surface area contributed by atoms with Gasteiger partial charge in [0.05, 0.1) is 5.92 Å². The van der Waals surface area contributed by atoms with Crippen LogP contribution < -0.4 is 4.90 Å². The summed E-state index contributed by atoms with van der Waals surface area (Å²) >= 11 is 3.42. The first-order chi connectivity index (χ1) is 12.5. The highest BCUT2D eigenvalue weighted by molar-refractivity contribution is 9.10. The van der Waals surface area contributed by atoms with Crippen molar-refractivity contribution < 1.29 is 9.32 Å². The van der Waals surface area contributed by atoms with Gasteiger partial charge in [0.15, 0.2) is 0 Å². The van der Waals surface area contributed by atoms with Crippen molar-refractivity contribution in [1.29, 1.82) is 0 Å². The highest BCUT2D eigenvalue weighted by Gasteiger charge is 2.35. The number of aromatic nitrogens is 2. The van der Waals surface area contributed by atoms with Crippen LogP contribution in [0.4, 0.5) is 5.69 Å². The van der Waals surface area contributed by atoms with Gasteiger partial charge in [-0.2, -0.15) is 4.98 Å². The van der Waals surface area contributed by atoms with Gasteiger partial charge in [-0.25, -0.2) is 0 Å². The number of aryl methyl sites for hydroxylation is 2. The van der Waals surface area contributed by atoms with Gasteiger partial charge >= 0.3 is 0 Å². The van der Waals surface area contributed by atoms with E-state index in [2.05, 4.69) is 32.1 Å². The molecule has 1 aliphatic rings. The second kappa shape index (κ2) is 6.68. The molecule has 0 radical (unpaired) electrons. The summed E-state index contributed by atoms with van der Waals surface area (Å²) in [5, 5.41) is 4.08. The van der Waals surface area contributed by atoms with Crippen LogP contribution in [0.3, 0.4) is 0 Å². The molecule has 4 rings (SSSR count). The maximum Gasteiger partial charge on any atom is 0.232 e. The molecule has 26 heavy (non-hydrogen) atoms. The van der Waals surface area contributed by atoms with E-state index in [1.807, 2.05) is 55.1 Å². The van der Waals surface area contributed by atoms with Crippen molar-refractivity contribution >= 4 is 27.5 Å². The average molecular weight is 412 g/mol. The monoisotopic (exact) mass is 411 g/mol. The Morgan fingerprint density at radius 3 is 2.50 bits per heavy atom. The van der Waals surface area contributed by atoms with Crippen molar-refractivity contribution in [3.63, 3.8) is 0 Å². The largest absolute Gasteiger partial charge is 0.339 e. The Balaban J connectivity index is 1.56. The molecule has 1 amide bonds. The lowest BCUT2D eigenvalue weighted by Gasteiger charge is -2.17. The molecule has 2 aromatic carbocycles. The predicted molar refractivity (Wildman–Crippen MR) is 103 cm³/mol. The number of carbonyl (C=O) groups excluding carboxylic acids is 1. The molecule has 0 aliphatic carbocycles. The van der Waals surface area contributed by atoms with Gasteiger partial charge in [0, 0.05) is 28.7 Å². The third kappa shape index (κ3) is 3.29. The van der Waals surface area contributed by atoms with Gasteiger partial charge in [-0.1, -0.05) is 27.2 Å². The number of hydrogen-bond donors (Lipinski definition) is 0. The zero-order valence-corrected chi connectivity index (χ0v) is 16.2. The molecule has 2 heterocycles. The Morgan fingerprint density at radius 1 is 1.12 bits per heavy atom. The zero-order valence-electron chi connectivity index (χ0n) is 14.6. The van der Waals surface area contributed by atoms with Crippen LogP contribution in [0.15, 0.2) is 51.5 Å². The van der Waals surface area contributed by atoms with Gasteiger partial charge in [0.1, 0.15) is 0 Å². The Labute approximate surface area is 160 Å². The van der Waals surface area contributed by atoms with Gasteiger partial charge in [0.2, 0.25) is 17.6 Å². The fraction of sp³-hybridized carbons (Fsp3) is 0.250. The molecule has 132 valence electrons. The summed E-state index contributed by atoms with van der Waals surface area (Å²) in [5.74, 6) is 1.07. The van der Waals surface area contributed by atoms with Crippen LogP contribution >= 0.6 is 15.9 Å². The van der Waals surface area contributed by atoms with Gasteiger partial charge < -0.3 is 9.42 Å². The Bertz CT molecular complexity index is 945. The van der Waals surface area contributed by atoms with E-state index in [4.69, 9.17) is 4.52 Å². The van der Waals surface area contributed by atoms with E-state index in [9.17, 15) is 4.79 Å². The van der Waals surface area contributed by atoms with Crippen molar-refractivity contribution in [2.45, 2.75) is 26.2 Å². The molecule has 3 aromatic rings. The highest BCUT2D eigenvalue weighted by Crippen LogP contribution is 2.32. The standard InChI is InChI=1S/C20H18BrN3O2/c1-12-7-13(2)9-17(8-12)24-11-15(10-18(24)25)20-22-19(23-26-20)14-3-5-16(21)6-4-14/h3-9,15H,10-11H2,1-2H3/t15-/m1/s1. The molecule has 0 unspecified atom stereocenters. The molecule has 1 fully saturated rings. The molecular formula is C20H18BrN3O2. The number of nitrogens with zero attached hydrogens (tertiary/aromatic N) is 3. The van der Waals surface area contributed by atoms with Crippen LogP contribution in [0.1, 0.15) is 29.4 Å². The second-order valence-electron chi connectivity index (χ2n) is 6.71. The fourth-order valence-corrected chi connectivity index (χ4v) is 3.61. The second-order valence-corrected chi connectivity index (χ2v) is 7.63. The van der Waals surface area contributed by atoms with Gasteiger partial charge in [-0.3, -0.25) is 4.79 Å². The summed E-state index contributed by atoms with van der Waals surface area (Å²) in [6.45, 7) is 4.64. The van der Waals surface area contributed by atoms with E-state index in [1.54, 1.807) is 0 Å². The van der Waals surface area contributed by atoms with Crippen LogP contribution in [0, 0.1) is 13.8 Å². The number of rotatable bonds is 3. The molecule has 1 aromatic heterocycles. The molecule has 0 N–H and O–H groups in total. The van der Waals surface area contributed by atoms with Gasteiger partial charge in [-0.05, 0) is 61.4 Å². The van der Waals surface area contributed by atoms with Gasteiger partial charge in [0.25, 0.3) is 0 Å². The van der Waals surface area contributed by atoms with E-state index in [0.717, 1.165) is 26.9 Å². The first-order valence-corrected chi connectivity index (χ1v) is 9.27. The normalized spacial score (nSPS) is 17.1.